The van der Waals surface area contributed by atoms with E-state index in [4.69, 9.17) is 5.73 Å². The van der Waals surface area contributed by atoms with Crippen LogP contribution in [0.1, 0.15) is 37.5 Å². The first kappa shape index (κ1) is 15.0. The number of nitrogens with two attached hydrogens (primary N) is 1. The second-order valence-electron chi connectivity index (χ2n) is 5.39. The smallest absolute Gasteiger partial charge is 0.230 e. The van der Waals surface area contributed by atoms with Crippen LogP contribution in [0.4, 0.5) is 0 Å². The summed E-state index contributed by atoms with van der Waals surface area (Å²) in [7, 11) is 0. The molecule has 1 aliphatic rings. The maximum Gasteiger partial charge on any atom is 0.230 e. The van der Waals surface area contributed by atoms with Crippen molar-refractivity contribution in [2.45, 2.75) is 38.6 Å². The summed E-state index contributed by atoms with van der Waals surface area (Å²) >= 11 is 5.09. The molecule has 2 atom stereocenters. The van der Waals surface area contributed by atoms with Gasteiger partial charge in [-0.25, -0.2) is 0 Å². The fourth-order valence-corrected chi connectivity index (χ4v) is 4.07. The summed E-state index contributed by atoms with van der Waals surface area (Å²) in [6, 6.07) is 4.28. The summed E-state index contributed by atoms with van der Waals surface area (Å²) in [5.74, 6) is 0.774. The predicted molar refractivity (Wildman–Crippen MR) is 83.4 cm³/mol. The Labute approximate surface area is 127 Å². The maximum absolute atomic E-state index is 12.5. The van der Waals surface area contributed by atoms with Gasteiger partial charge in [0.1, 0.15) is 0 Å². The van der Waals surface area contributed by atoms with E-state index in [1.54, 1.807) is 11.3 Å². The minimum absolute atomic E-state index is 0.0388. The molecule has 106 valence electrons. The number of amides is 1. The van der Waals surface area contributed by atoms with E-state index in [2.05, 4.69) is 22.9 Å². The van der Waals surface area contributed by atoms with Gasteiger partial charge in [-0.15, -0.1) is 11.3 Å². The lowest BCUT2D eigenvalue weighted by atomic mass is 9.90. The Morgan fingerprint density at radius 3 is 2.53 bits per heavy atom. The van der Waals surface area contributed by atoms with E-state index in [1.165, 1.54) is 0 Å². The zero-order valence-corrected chi connectivity index (χ0v) is 13.8. The summed E-state index contributed by atoms with van der Waals surface area (Å²) in [5.41, 5.74) is 5.94. The third kappa shape index (κ3) is 3.58. The number of nitrogens with zero attached hydrogens (tertiary/aromatic N) is 1. The van der Waals surface area contributed by atoms with E-state index in [0.29, 0.717) is 5.92 Å². The Hall–Kier alpha value is -0.390. The number of hydrogen-bond donors (Lipinski definition) is 1. The van der Waals surface area contributed by atoms with Crippen LogP contribution in [-0.4, -0.2) is 29.9 Å². The first-order valence-corrected chi connectivity index (χ1v) is 8.39. The molecule has 0 aliphatic carbocycles. The van der Waals surface area contributed by atoms with Gasteiger partial charge in [-0.2, -0.15) is 0 Å². The molecule has 1 fully saturated rings. The molecule has 5 heteroatoms. The molecule has 0 saturated carbocycles. The number of likely N-dealkylation sites (tertiary alicyclic amines) is 1. The van der Waals surface area contributed by atoms with Crippen molar-refractivity contribution >= 4 is 33.2 Å². The Morgan fingerprint density at radius 1 is 1.42 bits per heavy atom. The molecule has 2 N–H and O–H groups in total. The van der Waals surface area contributed by atoms with E-state index in [9.17, 15) is 4.79 Å². The monoisotopic (exact) mass is 344 g/mol. The average Bonchev–Trinajstić information content (AvgIpc) is 2.84. The molecule has 0 spiro atoms. The van der Waals surface area contributed by atoms with Crippen molar-refractivity contribution in [3.8, 4) is 0 Å². The number of carbonyl (C=O) groups excluding carboxylic acids is 1. The molecule has 3 nitrogen and oxygen atoms in total. The minimum Gasteiger partial charge on any atom is -0.342 e. The second-order valence-corrected chi connectivity index (χ2v) is 7.88. The Bertz CT molecular complexity index is 438. The summed E-state index contributed by atoms with van der Waals surface area (Å²) in [5, 5.41) is 0. The first-order valence-electron chi connectivity index (χ1n) is 6.78. The lowest BCUT2D eigenvalue weighted by molar-refractivity contribution is -0.133. The minimum atomic E-state index is -0.0388. The lowest BCUT2D eigenvalue weighted by Crippen LogP contribution is -2.43. The predicted octanol–water partition coefficient (Wildman–Crippen LogP) is 3.20. The molecule has 2 heterocycles. The molecule has 1 aromatic rings. The molecule has 2 rings (SSSR count). The topological polar surface area (TPSA) is 46.3 Å². The maximum atomic E-state index is 12.5. The highest BCUT2D eigenvalue weighted by Gasteiger charge is 2.28. The lowest BCUT2D eigenvalue weighted by Gasteiger charge is -2.35. The van der Waals surface area contributed by atoms with Crippen LogP contribution in [-0.2, 0) is 4.79 Å². The van der Waals surface area contributed by atoms with Crippen LogP contribution in [0.2, 0.25) is 0 Å². The standard InChI is InChI=1S/C14H21BrN2OS/c1-9(12-3-4-13(15)19-12)14(18)17-7-5-11(6-8-17)10(2)16/h3-4,9-11H,5-8,16H2,1-2H3. The number of hydrogen-bond acceptors (Lipinski definition) is 3. The van der Waals surface area contributed by atoms with Crippen LogP contribution in [0.5, 0.6) is 0 Å². The Balaban J connectivity index is 1.94. The van der Waals surface area contributed by atoms with Gasteiger partial charge in [-0.05, 0) is 60.7 Å². The van der Waals surface area contributed by atoms with Gasteiger partial charge in [0.2, 0.25) is 5.91 Å². The van der Waals surface area contributed by atoms with Crippen LogP contribution < -0.4 is 5.73 Å². The van der Waals surface area contributed by atoms with Crippen LogP contribution in [0.3, 0.4) is 0 Å². The van der Waals surface area contributed by atoms with E-state index in [0.717, 1.165) is 34.6 Å². The number of rotatable bonds is 3. The molecule has 1 amide bonds. The van der Waals surface area contributed by atoms with Crippen LogP contribution in [0.25, 0.3) is 0 Å². The third-order valence-corrected chi connectivity index (χ3v) is 5.79. The Morgan fingerprint density at radius 2 is 2.05 bits per heavy atom. The number of halogens is 1. The molecule has 0 aromatic carbocycles. The van der Waals surface area contributed by atoms with Crippen molar-refractivity contribution in [3.63, 3.8) is 0 Å². The first-order chi connectivity index (χ1) is 8.99. The summed E-state index contributed by atoms with van der Waals surface area (Å²) < 4.78 is 1.08. The molecule has 19 heavy (non-hydrogen) atoms. The molecular weight excluding hydrogens is 324 g/mol. The summed E-state index contributed by atoms with van der Waals surface area (Å²) in [6.45, 7) is 5.76. The Kier molecular flexibility index (Phi) is 5.03. The van der Waals surface area contributed by atoms with E-state index >= 15 is 0 Å². The molecular formula is C14H21BrN2OS. The quantitative estimate of drug-likeness (QED) is 0.914. The largest absolute Gasteiger partial charge is 0.342 e. The fourth-order valence-electron chi connectivity index (χ4n) is 2.60. The average molecular weight is 345 g/mol. The van der Waals surface area contributed by atoms with Crippen molar-refractivity contribution in [1.82, 2.24) is 4.90 Å². The fraction of sp³-hybridized carbons (Fsp3) is 0.643. The zero-order valence-electron chi connectivity index (χ0n) is 11.4. The normalized spacial score (nSPS) is 20.3. The van der Waals surface area contributed by atoms with E-state index in [-0.39, 0.29) is 17.9 Å². The van der Waals surface area contributed by atoms with Crippen molar-refractivity contribution < 1.29 is 4.79 Å². The summed E-state index contributed by atoms with van der Waals surface area (Å²) in [6.07, 6.45) is 2.06. The molecule has 1 aliphatic heterocycles. The van der Waals surface area contributed by atoms with Crippen LogP contribution >= 0.6 is 27.3 Å². The van der Waals surface area contributed by atoms with Gasteiger partial charge in [-0.1, -0.05) is 0 Å². The zero-order chi connectivity index (χ0) is 14.0. The van der Waals surface area contributed by atoms with E-state index < -0.39 is 0 Å². The van der Waals surface area contributed by atoms with Crippen LogP contribution in [0.15, 0.2) is 15.9 Å². The van der Waals surface area contributed by atoms with Gasteiger partial charge in [0.05, 0.1) is 9.70 Å². The molecule has 2 unspecified atom stereocenters. The van der Waals surface area contributed by atoms with Gasteiger partial charge in [0, 0.05) is 24.0 Å². The highest BCUT2D eigenvalue weighted by atomic mass is 79.9. The van der Waals surface area contributed by atoms with Gasteiger partial charge >= 0.3 is 0 Å². The SMILES string of the molecule is CC(C(=O)N1CCC(C(C)N)CC1)c1ccc(Br)s1. The molecule has 0 radical (unpaired) electrons. The van der Waals surface area contributed by atoms with Gasteiger partial charge < -0.3 is 10.6 Å². The van der Waals surface area contributed by atoms with Gasteiger partial charge in [0.15, 0.2) is 0 Å². The van der Waals surface area contributed by atoms with Crippen molar-refractivity contribution in [3.05, 3.63) is 20.8 Å². The van der Waals surface area contributed by atoms with Crippen LogP contribution in [0, 0.1) is 5.92 Å². The van der Waals surface area contributed by atoms with Crippen molar-refractivity contribution in [2.75, 3.05) is 13.1 Å². The van der Waals surface area contributed by atoms with Gasteiger partial charge in [0.25, 0.3) is 0 Å². The highest BCUT2D eigenvalue weighted by Crippen LogP contribution is 2.30. The second kappa shape index (κ2) is 6.37. The van der Waals surface area contributed by atoms with Gasteiger partial charge in [-0.3, -0.25) is 4.79 Å². The van der Waals surface area contributed by atoms with Crippen molar-refractivity contribution in [2.24, 2.45) is 11.7 Å². The molecule has 1 aromatic heterocycles. The van der Waals surface area contributed by atoms with Crippen molar-refractivity contribution in [1.29, 1.82) is 0 Å². The molecule has 1 saturated heterocycles. The van der Waals surface area contributed by atoms with E-state index in [1.807, 2.05) is 24.0 Å². The molecule has 0 bridgehead atoms. The summed E-state index contributed by atoms with van der Waals surface area (Å²) in [4.78, 5) is 15.6. The third-order valence-electron chi connectivity index (χ3n) is 3.99. The number of thiophene rings is 1. The highest BCUT2D eigenvalue weighted by molar-refractivity contribution is 9.11. The number of piperidine rings is 1. The number of carbonyl (C=O) groups is 1.